The van der Waals surface area contributed by atoms with E-state index in [1.807, 2.05) is 11.8 Å². The summed E-state index contributed by atoms with van der Waals surface area (Å²) < 4.78 is 33.1. The molecule has 2 aliphatic heterocycles. The quantitative estimate of drug-likeness (QED) is 0.691. The van der Waals surface area contributed by atoms with Crippen LogP contribution in [0.4, 0.5) is 0 Å². The number of carbonyl (C=O) groups excluding carboxylic acids is 1. The lowest BCUT2D eigenvalue weighted by molar-refractivity contribution is -0.140. The number of carbonyl (C=O) groups is 1. The summed E-state index contributed by atoms with van der Waals surface area (Å²) in [6, 6.07) is 1.90. The maximum Gasteiger partial charge on any atom is 0.252 e. The third-order valence-electron chi connectivity index (χ3n) is 6.09. The zero-order chi connectivity index (χ0) is 21.3. The number of likely N-dealkylation sites (tertiary alicyclic amines) is 1. The molecule has 2 aromatic rings. The lowest BCUT2D eigenvalue weighted by atomic mass is 9.94. The summed E-state index contributed by atoms with van der Waals surface area (Å²) in [5.41, 5.74) is 0.645. The zero-order valence-electron chi connectivity index (χ0n) is 17.4. The maximum atomic E-state index is 13.1. The molecule has 1 atom stereocenters. The number of hydrogen-bond donors (Lipinski definition) is 0. The van der Waals surface area contributed by atoms with Crippen molar-refractivity contribution in [3.8, 4) is 11.4 Å². The van der Waals surface area contributed by atoms with E-state index in [4.69, 9.17) is 4.52 Å². The minimum Gasteiger partial charge on any atom is -0.340 e. The number of thiophene rings is 1. The Morgan fingerprint density at radius 1 is 1.23 bits per heavy atom. The molecule has 164 valence electrons. The van der Waals surface area contributed by atoms with E-state index in [1.54, 1.807) is 11.4 Å². The summed E-state index contributed by atoms with van der Waals surface area (Å²) in [4.78, 5) is 19.2. The second kappa shape index (κ2) is 8.76. The van der Waals surface area contributed by atoms with Crippen LogP contribution in [0.1, 0.15) is 51.8 Å². The third kappa shape index (κ3) is 4.17. The molecule has 0 spiro atoms. The Hall–Kier alpha value is -1.78. The predicted octanol–water partition coefficient (Wildman–Crippen LogP) is 3.16. The minimum absolute atomic E-state index is 0.0808. The minimum atomic E-state index is -3.59. The van der Waals surface area contributed by atoms with E-state index in [9.17, 15) is 13.2 Å². The predicted molar refractivity (Wildman–Crippen MR) is 113 cm³/mol. The number of rotatable bonds is 5. The van der Waals surface area contributed by atoms with Gasteiger partial charge in [0, 0.05) is 49.0 Å². The average molecular weight is 453 g/mol. The third-order valence-corrected chi connectivity index (χ3v) is 9.40. The van der Waals surface area contributed by atoms with E-state index in [2.05, 4.69) is 17.1 Å². The first kappa shape index (κ1) is 21.5. The molecule has 0 aromatic carbocycles. The lowest BCUT2D eigenvalue weighted by Gasteiger charge is -2.38. The second-order valence-corrected chi connectivity index (χ2v) is 11.2. The number of aryl methyl sites for hydroxylation is 1. The Morgan fingerprint density at radius 3 is 2.67 bits per heavy atom. The van der Waals surface area contributed by atoms with Crippen molar-refractivity contribution >= 4 is 27.3 Å². The van der Waals surface area contributed by atoms with Crippen LogP contribution in [-0.4, -0.2) is 59.3 Å². The van der Waals surface area contributed by atoms with Crippen LogP contribution in [0.5, 0.6) is 0 Å². The maximum absolute atomic E-state index is 13.1. The molecule has 0 N–H and O–H groups in total. The molecule has 4 heterocycles. The van der Waals surface area contributed by atoms with Gasteiger partial charge in [-0.15, -0.1) is 11.3 Å². The van der Waals surface area contributed by atoms with Gasteiger partial charge in [0.15, 0.2) is 0 Å². The molecule has 30 heavy (non-hydrogen) atoms. The number of hydrogen-bond acceptors (Lipinski definition) is 7. The van der Waals surface area contributed by atoms with Gasteiger partial charge in [0.2, 0.25) is 17.6 Å². The van der Waals surface area contributed by atoms with Gasteiger partial charge >= 0.3 is 0 Å². The van der Waals surface area contributed by atoms with Gasteiger partial charge in [0.1, 0.15) is 4.21 Å². The van der Waals surface area contributed by atoms with Gasteiger partial charge in [-0.2, -0.15) is 9.29 Å². The molecule has 4 rings (SSSR count). The number of amides is 1. The van der Waals surface area contributed by atoms with E-state index in [0.29, 0.717) is 49.6 Å². The topological polar surface area (TPSA) is 96.6 Å². The Bertz CT molecular complexity index is 992. The molecular weight excluding hydrogens is 424 g/mol. The first-order chi connectivity index (χ1) is 14.4. The number of sulfonamides is 1. The largest absolute Gasteiger partial charge is 0.340 e. The molecule has 1 amide bonds. The van der Waals surface area contributed by atoms with Crippen molar-refractivity contribution in [2.24, 2.45) is 5.92 Å². The monoisotopic (exact) mass is 452 g/mol. The summed E-state index contributed by atoms with van der Waals surface area (Å²) >= 11 is 1.17. The first-order valence-corrected chi connectivity index (χ1v) is 12.9. The summed E-state index contributed by atoms with van der Waals surface area (Å²) in [5, 5.41) is 5.66. The van der Waals surface area contributed by atoms with Crippen LogP contribution < -0.4 is 0 Å². The fraction of sp³-hybridized carbons (Fsp3) is 0.650. The van der Waals surface area contributed by atoms with E-state index in [1.165, 1.54) is 22.1 Å². The number of aromatic nitrogens is 2. The molecule has 8 nitrogen and oxygen atoms in total. The molecule has 2 fully saturated rings. The Kier molecular flexibility index (Phi) is 6.26. The fourth-order valence-corrected chi connectivity index (χ4v) is 7.00. The van der Waals surface area contributed by atoms with E-state index in [0.717, 1.165) is 19.4 Å². The van der Waals surface area contributed by atoms with Crippen molar-refractivity contribution in [1.82, 2.24) is 19.3 Å². The molecule has 0 aliphatic carbocycles. The molecule has 0 radical (unpaired) electrons. The van der Waals surface area contributed by atoms with E-state index >= 15 is 0 Å². The van der Waals surface area contributed by atoms with Crippen molar-refractivity contribution in [3.63, 3.8) is 0 Å². The van der Waals surface area contributed by atoms with Crippen LogP contribution >= 0.6 is 11.3 Å². The second-order valence-electron chi connectivity index (χ2n) is 8.07. The molecule has 0 bridgehead atoms. The standard InChI is InChI=1S/C20H28N4O4S2/c1-3-17-21-19(22-28-17)16-12-18(29-13-16)30(26,27)23-10-7-15(8-11-23)20(25)24-9-5-4-6-14(24)2/h12-15H,3-11H2,1-2H3/t14-/m1/s1. The normalized spacial score (nSPS) is 21.8. The summed E-state index contributed by atoms with van der Waals surface area (Å²) in [5.74, 6) is 1.05. The van der Waals surface area contributed by atoms with Crippen molar-refractivity contribution in [1.29, 1.82) is 0 Å². The van der Waals surface area contributed by atoms with E-state index in [-0.39, 0.29) is 22.1 Å². The smallest absolute Gasteiger partial charge is 0.252 e. The van der Waals surface area contributed by atoms with Gasteiger partial charge in [-0.05, 0) is 45.1 Å². The van der Waals surface area contributed by atoms with Crippen molar-refractivity contribution in [3.05, 3.63) is 17.3 Å². The summed E-state index contributed by atoms with van der Waals surface area (Å²) in [6.07, 6.45) is 5.07. The van der Waals surface area contributed by atoms with Gasteiger partial charge in [-0.3, -0.25) is 4.79 Å². The van der Waals surface area contributed by atoms with Crippen LogP contribution in [0, 0.1) is 5.92 Å². The Morgan fingerprint density at radius 2 is 2.00 bits per heavy atom. The number of piperidine rings is 2. The molecular formula is C20H28N4O4S2. The van der Waals surface area contributed by atoms with Gasteiger partial charge < -0.3 is 9.42 Å². The lowest BCUT2D eigenvalue weighted by Crippen LogP contribution is -2.48. The molecule has 2 aliphatic rings. The van der Waals surface area contributed by atoms with Gasteiger partial charge in [-0.1, -0.05) is 12.1 Å². The van der Waals surface area contributed by atoms with E-state index < -0.39 is 10.0 Å². The molecule has 0 unspecified atom stereocenters. The highest BCUT2D eigenvalue weighted by Gasteiger charge is 2.36. The summed E-state index contributed by atoms with van der Waals surface area (Å²) in [6.45, 7) is 5.60. The fourth-order valence-electron chi connectivity index (χ4n) is 4.22. The zero-order valence-corrected chi connectivity index (χ0v) is 19.0. The highest BCUT2D eigenvalue weighted by molar-refractivity contribution is 7.91. The SMILES string of the molecule is CCc1nc(-c2csc(S(=O)(=O)N3CCC(C(=O)N4CCCC[C@H]4C)CC3)c2)no1. The molecule has 2 aromatic heterocycles. The molecule has 10 heteroatoms. The molecule has 2 saturated heterocycles. The van der Waals surface area contributed by atoms with Gasteiger partial charge in [-0.25, -0.2) is 8.42 Å². The van der Waals surface area contributed by atoms with Gasteiger partial charge in [0.05, 0.1) is 0 Å². The summed E-state index contributed by atoms with van der Waals surface area (Å²) in [7, 11) is -3.59. The highest BCUT2D eigenvalue weighted by Crippen LogP contribution is 2.32. The highest BCUT2D eigenvalue weighted by atomic mass is 32.2. The van der Waals surface area contributed by atoms with Gasteiger partial charge in [0.25, 0.3) is 10.0 Å². The van der Waals surface area contributed by atoms with Crippen molar-refractivity contribution in [2.45, 2.75) is 62.6 Å². The van der Waals surface area contributed by atoms with Crippen LogP contribution in [-0.2, 0) is 21.2 Å². The Labute approximate surface area is 181 Å². The van der Waals surface area contributed by atoms with Crippen molar-refractivity contribution < 1.29 is 17.7 Å². The van der Waals surface area contributed by atoms with Crippen LogP contribution in [0.25, 0.3) is 11.4 Å². The molecule has 0 saturated carbocycles. The Balaban J connectivity index is 1.41. The average Bonchev–Trinajstić information content (AvgIpc) is 3.43. The first-order valence-electron chi connectivity index (χ1n) is 10.6. The number of nitrogens with zero attached hydrogens (tertiary/aromatic N) is 4. The van der Waals surface area contributed by atoms with Crippen molar-refractivity contribution in [2.75, 3.05) is 19.6 Å². The van der Waals surface area contributed by atoms with Crippen LogP contribution in [0.15, 0.2) is 20.2 Å². The van der Waals surface area contributed by atoms with Crippen LogP contribution in [0.3, 0.4) is 0 Å². The van der Waals surface area contributed by atoms with Crippen LogP contribution in [0.2, 0.25) is 0 Å².